The molecule has 2 aliphatic rings. The first kappa shape index (κ1) is 18.7. The number of ether oxygens (including phenoxy) is 2. The van der Waals surface area contributed by atoms with E-state index in [4.69, 9.17) is 9.47 Å². The van der Waals surface area contributed by atoms with Gasteiger partial charge in [0, 0.05) is 37.8 Å². The molecule has 1 aromatic heterocycles. The summed E-state index contributed by atoms with van der Waals surface area (Å²) in [5.41, 5.74) is 3.76. The highest BCUT2D eigenvalue weighted by Gasteiger charge is 2.44. The molecular weight excluding hydrogens is 354 g/mol. The molecule has 0 bridgehead atoms. The summed E-state index contributed by atoms with van der Waals surface area (Å²) in [6.07, 6.45) is 3.35. The summed E-state index contributed by atoms with van der Waals surface area (Å²) in [7, 11) is 1.82. The van der Waals surface area contributed by atoms with E-state index in [1.165, 1.54) is 24.1 Å². The fourth-order valence-electron chi connectivity index (χ4n) is 3.76. The van der Waals surface area contributed by atoms with E-state index in [1.807, 2.05) is 20.0 Å². The third-order valence-electron chi connectivity index (χ3n) is 5.60. The summed E-state index contributed by atoms with van der Waals surface area (Å²) in [5.74, 6) is 2.54. The highest BCUT2D eigenvalue weighted by Crippen LogP contribution is 2.49. The van der Waals surface area contributed by atoms with Crippen LogP contribution < -0.4 is 20.1 Å². The zero-order chi connectivity index (χ0) is 19.6. The van der Waals surface area contributed by atoms with Crippen LogP contribution in [0.15, 0.2) is 29.3 Å². The minimum Gasteiger partial charge on any atom is -0.454 e. The van der Waals surface area contributed by atoms with Crippen LogP contribution >= 0.6 is 0 Å². The summed E-state index contributed by atoms with van der Waals surface area (Å²) >= 11 is 0. The summed E-state index contributed by atoms with van der Waals surface area (Å²) in [6, 6.07) is 8.41. The lowest BCUT2D eigenvalue weighted by atomic mass is 9.95. The van der Waals surface area contributed by atoms with Crippen LogP contribution in [0, 0.1) is 13.8 Å². The Morgan fingerprint density at radius 2 is 2.00 bits per heavy atom. The Hall–Kier alpha value is -2.70. The molecule has 4 rings (SSSR count). The van der Waals surface area contributed by atoms with Crippen molar-refractivity contribution in [2.45, 2.75) is 45.1 Å². The molecule has 28 heavy (non-hydrogen) atoms. The van der Waals surface area contributed by atoms with Gasteiger partial charge in [-0.05, 0) is 56.9 Å². The van der Waals surface area contributed by atoms with Crippen molar-refractivity contribution in [2.24, 2.45) is 4.99 Å². The van der Waals surface area contributed by atoms with Gasteiger partial charge in [0.15, 0.2) is 17.5 Å². The van der Waals surface area contributed by atoms with Gasteiger partial charge >= 0.3 is 0 Å². The van der Waals surface area contributed by atoms with Crippen molar-refractivity contribution >= 4 is 5.96 Å². The second-order valence-corrected chi connectivity index (χ2v) is 7.70. The number of nitrogens with zero attached hydrogens (tertiary/aromatic N) is 3. The smallest absolute Gasteiger partial charge is 0.231 e. The number of hydrogen-bond donors (Lipinski definition) is 2. The lowest BCUT2D eigenvalue weighted by Gasteiger charge is -2.19. The topological polar surface area (TPSA) is 72.7 Å². The Kier molecular flexibility index (Phi) is 5.15. The number of aromatic nitrogens is 2. The molecule has 0 atom stereocenters. The standard InChI is InChI=1S/C21H29N5O2/c1-15-11-16(2)26(25-15)10-4-9-23-20(22-3)24-13-21(7-8-21)17-5-6-18-19(12-17)28-14-27-18/h5-6,11-12H,4,7-10,13-14H2,1-3H3,(H2,22,23,24). The molecule has 0 radical (unpaired) electrons. The maximum atomic E-state index is 5.53. The molecule has 2 heterocycles. The van der Waals surface area contributed by atoms with E-state index >= 15 is 0 Å². The third-order valence-corrected chi connectivity index (χ3v) is 5.60. The van der Waals surface area contributed by atoms with Gasteiger partial charge in [-0.15, -0.1) is 0 Å². The van der Waals surface area contributed by atoms with Crippen molar-refractivity contribution in [1.82, 2.24) is 20.4 Å². The molecule has 1 aliphatic carbocycles. The normalized spacial score (nSPS) is 16.9. The predicted molar refractivity (Wildman–Crippen MR) is 109 cm³/mol. The zero-order valence-electron chi connectivity index (χ0n) is 16.9. The second kappa shape index (κ2) is 7.73. The van der Waals surface area contributed by atoms with E-state index in [1.54, 1.807) is 0 Å². The lowest BCUT2D eigenvalue weighted by molar-refractivity contribution is 0.174. The van der Waals surface area contributed by atoms with Gasteiger partial charge in [0.1, 0.15) is 0 Å². The van der Waals surface area contributed by atoms with Crippen molar-refractivity contribution < 1.29 is 9.47 Å². The minimum atomic E-state index is 0.169. The van der Waals surface area contributed by atoms with Crippen molar-refractivity contribution in [1.29, 1.82) is 0 Å². The molecule has 0 amide bonds. The summed E-state index contributed by atoms with van der Waals surface area (Å²) in [4.78, 5) is 4.36. The summed E-state index contributed by atoms with van der Waals surface area (Å²) in [6.45, 7) is 7.07. The Bertz CT molecular complexity index is 870. The highest BCUT2D eigenvalue weighted by molar-refractivity contribution is 5.79. The van der Waals surface area contributed by atoms with Crippen LogP contribution in [0.1, 0.15) is 36.2 Å². The average Bonchev–Trinajstić information content (AvgIpc) is 3.21. The SMILES string of the molecule is CN=C(NCCCn1nc(C)cc1C)NCC1(c2ccc3c(c2)OCO3)CC1. The van der Waals surface area contributed by atoms with E-state index in [0.717, 1.165) is 49.2 Å². The monoisotopic (exact) mass is 383 g/mol. The second-order valence-electron chi connectivity index (χ2n) is 7.70. The van der Waals surface area contributed by atoms with E-state index in [-0.39, 0.29) is 5.41 Å². The largest absolute Gasteiger partial charge is 0.454 e. The maximum absolute atomic E-state index is 5.53. The first-order valence-corrected chi connectivity index (χ1v) is 9.95. The van der Waals surface area contributed by atoms with Gasteiger partial charge < -0.3 is 20.1 Å². The zero-order valence-corrected chi connectivity index (χ0v) is 16.9. The number of hydrogen-bond acceptors (Lipinski definition) is 4. The number of aliphatic imine (C=N–C) groups is 1. The summed E-state index contributed by atoms with van der Waals surface area (Å²) < 4.78 is 13.0. The van der Waals surface area contributed by atoms with Gasteiger partial charge in [-0.25, -0.2) is 0 Å². The average molecular weight is 383 g/mol. The van der Waals surface area contributed by atoms with E-state index in [9.17, 15) is 0 Å². The molecule has 1 aliphatic heterocycles. The number of aryl methyl sites for hydroxylation is 3. The molecular formula is C21H29N5O2. The fraction of sp³-hybridized carbons (Fsp3) is 0.524. The van der Waals surface area contributed by atoms with Crippen molar-refractivity contribution in [3.05, 3.63) is 41.2 Å². The molecule has 2 aromatic rings. The molecule has 7 nitrogen and oxygen atoms in total. The molecule has 7 heteroatoms. The molecule has 0 saturated heterocycles. The quantitative estimate of drug-likeness (QED) is 0.437. The number of rotatable bonds is 7. The van der Waals surface area contributed by atoms with Gasteiger partial charge in [-0.3, -0.25) is 9.67 Å². The Morgan fingerprint density at radius 3 is 2.71 bits per heavy atom. The van der Waals surface area contributed by atoms with Crippen LogP contribution in [0.3, 0.4) is 0 Å². The first-order chi connectivity index (χ1) is 13.6. The molecule has 0 spiro atoms. The van der Waals surface area contributed by atoms with E-state index < -0.39 is 0 Å². The van der Waals surface area contributed by atoms with Crippen LogP contribution in [0.4, 0.5) is 0 Å². The Balaban J connectivity index is 1.26. The fourth-order valence-corrected chi connectivity index (χ4v) is 3.76. The Labute approximate surface area is 166 Å². The lowest BCUT2D eigenvalue weighted by Crippen LogP contribution is -2.41. The van der Waals surface area contributed by atoms with Crippen LogP contribution in [-0.4, -0.2) is 42.7 Å². The molecule has 0 unspecified atom stereocenters. The molecule has 1 fully saturated rings. The van der Waals surface area contributed by atoms with Crippen LogP contribution in [0.5, 0.6) is 11.5 Å². The molecule has 1 aromatic carbocycles. The minimum absolute atomic E-state index is 0.169. The van der Waals surface area contributed by atoms with Gasteiger partial charge in [-0.2, -0.15) is 5.10 Å². The number of nitrogens with one attached hydrogen (secondary N) is 2. The van der Waals surface area contributed by atoms with Crippen molar-refractivity contribution in [3.63, 3.8) is 0 Å². The van der Waals surface area contributed by atoms with Crippen LogP contribution in [0.25, 0.3) is 0 Å². The number of fused-ring (bicyclic) bond motifs is 1. The van der Waals surface area contributed by atoms with Crippen LogP contribution in [0.2, 0.25) is 0 Å². The number of benzene rings is 1. The van der Waals surface area contributed by atoms with Gasteiger partial charge in [0.25, 0.3) is 0 Å². The molecule has 150 valence electrons. The molecule has 2 N–H and O–H groups in total. The predicted octanol–water partition coefficient (Wildman–Crippen LogP) is 2.52. The van der Waals surface area contributed by atoms with Gasteiger partial charge in [-0.1, -0.05) is 6.07 Å². The molecule has 1 saturated carbocycles. The first-order valence-electron chi connectivity index (χ1n) is 9.95. The van der Waals surface area contributed by atoms with Crippen molar-refractivity contribution in [3.8, 4) is 11.5 Å². The highest BCUT2D eigenvalue weighted by atomic mass is 16.7. The van der Waals surface area contributed by atoms with Crippen LogP contribution in [-0.2, 0) is 12.0 Å². The van der Waals surface area contributed by atoms with E-state index in [2.05, 4.69) is 50.5 Å². The maximum Gasteiger partial charge on any atom is 0.231 e. The van der Waals surface area contributed by atoms with E-state index in [0.29, 0.717) is 6.79 Å². The van der Waals surface area contributed by atoms with Gasteiger partial charge in [0.05, 0.1) is 5.69 Å². The third kappa shape index (κ3) is 3.93. The van der Waals surface area contributed by atoms with Crippen molar-refractivity contribution in [2.75, 3.05) is 26.9 Å². The summed E-state index contributed by atoms with van der Waals surface area (Å²) in [5, 5.41) is 11.4. The Morgan fingerprint density at radius 1 is 1.18 bits per heavy atom. The number of guanidine groups is 1. The van der Waals surface area contributed by atoms with Gasteiger partial charge in [0.2, 0.25) is 6.79 Å².